The summed E-state index contributed by atoms with van der Waals surface area (Å²) in [7, 11) is 0. The van der Waals surface area contributed by atoms with Gasteiger partial charge in [-0.25, -0.2) is 0 Å². The molecule has 0 aromatic heterocycles. The van der Waals surface area contributed by atoms with E-state index in [0.29, 0.717) is 23.6 Å². The molecule has 0 bridgehead atoms. The second kappa shape index (κ2) is 9.01. The van der Waals surface area contributed by atoms with Crippen LogP contribution in [-0.2, 0) is 9.59 Å². The molecule has 1 saturated heterocycles. The van der Waals surface area contributed by atoms with Crippen molar-refractivity contribution in [2.75, 3.05) is 11.5 Å². The molecular weight excluding hydrogens is 470 g/mol. The van der Waals surface area contributed by atoms with Gasteiger partial charge < -0.3 is 9.84 Å². The van der Waals surface area contributed by atoms with Crippen molar-refractivity contribution < 1.29 is 19.4 Å². The number of aryl methyl sites for hydroxylation is 1. The number of aliphatic hydroxyl groups is 1. The average Bonchev–Trinajstić information content (AvgIpc) is 3.05. The Labute approximate surface area is 195 Å². The van der Waals surface area contributed by atoms with E-state index < -0.39 is 17.7 Å². The molecule has 0 saturated carbocycles. The molecular formula is C26H22BrNO4. The lowest BCUT2D eigenvalue weighted by atomic mass is 9.94. The fraction of sp³-hybridized carbons (Fsp3) is 0.154. The number of amides is 1. The van der Waals surface area contributed by atoms with Crippen molar-refractivity contribution >= 4 is 39.1 Å². The summed E-state index contributed by atoms with van der Waals surface area (Å²) in [5.41, 5.74) is 2.82. The first-order valence-corrected chi connectivity index (χ1v) is 11.1. The Morgan fingerprint density at radius 3 is 2.34 bits per heavy atom. The number of benzene rings is 3. The van der Waals surface area contributed by atoms with Crippen LogP contribution in [0, 0.1) is 6.92 Å². The summed E-state index contributed by atoms with van der Waals surface area (Å²) in [4.78, 5) is 27.8. The first-order chi connectivity index (χ1) is 15.4. The lowest BCUT2D eigenvalue weighted by molar-refractivity contribution is -0.132. The van der Waals surface area contributed by atoms with Crippen LogP contribution < -0.4 is 9.64 Å². The van der Waals surface area contributed by atoms with Gasteiger partial charge in [-0.15, -0.1) is 0 Å². The molecule has 162 valence electrons. The number of carbonyl (C=O) groups is 2. The number of Topliss-reactive ketones (excluding diaryl/α,β-unsaturated/α-hetero) is 1. The van der Waals surface area contributed by atoms with E-state index in [2.05, 4.69) is 15.9 Å². The zero-order valence-corrected chi connectivity index (χ0v) is 19.3. The van der Waals surface area contributed by atoms with Crippen LogP contribution in [-0.4, -0.2) is 23.4 Å². The number of carbonyl (C=O) groups excluding carboxylic acids is 2. The summed E-state index contributed by atoms with van der Waals surface area (Å²) >= 11 is 3.38. The van der Waals surface area contributed by atoms with E-state index in [0.717, 1.165) is 15.6 Å². The Hall–Kier alpha value is -3.38. The molecule has 0 spiro atoms. The molecule has 0 radical (unpaired) electrons. The lowest BCUT2D eigenvalue weighted by Gasteiger charge is -2.26. The average molecular weight is 492 g/mol. The van der Waals surface area contributed by atoms with Gasteiger partial charge in [0.05, 0.1) is 18.2 Å². The Morgan fingerprint density at radius 1 is 1.03 bits per heavy atom. The van der Waals surface area contributed by atoms with Gasteiger partial charge in [0.15, 0.2) is 0 Å². The number of nitrogens with zero attached hydrogens (tertiary/aromatic N) is 1. The maximum atomic E-state index is 13.2. The van der Waals surface area contributed by atoms with Crippen LogP contribution in [0.4, 0.5) is 5.69 Å². The van der Waals surface area contributed by atoms with Crippen molar-refractivity contribution in [3.05, 3.63) is 99.5 Å². The van der Waals surface area contributed by atoms with E-state index >= 15 is 0 Å². The molecule has 1 atom stereocenters. The van der Waals surface area contributed by atoms with E-state index in [1.54, 1.807) is 48.5 Å². The third-order valence-electron chi connectivity index (χ3n) is 5.35. The summed E-state index contributed by atoms with van der Waals surface area (Å²) in [6.45, 7) is 4.37. The van der Waals surface area contributed by atoms with Crippen molar-refractivity contribution in [2.24, 2.45) is 0 Å². The van der Waals surface area contributed by atoms with Crippen LogP contribution in [0.3, 0.4) is 0 Å². The minimum absolute atomic E-state index is 0.0665. The van der Waals surface area contributed by atoms with Crippen molar-refractivity contribution in [3.63, 3.8) is 0 Å². The summed E-state index contributed by atoms with van der Waals surface area (Å²) in [6, 6.07) is 20.8. The number of anilines is 1. The molecule has 4 rings (SSSR count). The van der Waals surface area contributed by atoms with E-state index in [1.165, 1.54) is 4.90 Å². The SMILES string of the molecule is CCOc1ccc(N2C(=O)C(=O)/C(=C(\O)c3ccc(Br)cc3)C2c2cccc(C)c2)cc1. The summed E-state index contributed by atoms with van der Waals surface area (Å²) in [5.74, 6) is -0.921. The smallest absolute Gasteiger partial charge is 0.300 e. The van der Waals surface area contributed by atoms with Crippen molar-refractivity contribution in [1.82, 2.24) is 0 Å². The van der Waals surface area contributed by atoms with Crippen LogP contribution in [0.5, 0.6) is 5.75 Å². The van der Waals surface area contributed by atoms with Crippen molar-refractivity contribution in [1.29, 1.82) is 0 Å². The third kappa shape index (κ3) is 4.06. The maximum absolute atomic E-state index is 13.2. The molecule has 5 nitrogen and oxygen atoms in total. The summed E-state index contributed by atoms with van der Waals surface area (Å²) in [5, 5.41) is 11.1. The molecule has 1 N–H and O–H groups in total. The Balaban J connectivity index is 1.89. The van der Waals surface area contributed by atoms with E-state index in [-0.39, 0.29) is 11.3 Å². The Morgan fingerprint density at radius 2 is 1.72 bits per heavy atom. The first-order valence-electron chi connectivity index (χ1n) is 10.3. The molecule has 0 aliphatic carbocycles. The van der Waals surface area contributed by atoms with Gasteiger partial charge in [0.25, 0.3) is 11.7 Å². The topological polar surface area (TPSA) is 66.8 Å². The number of hydrogen-bond acceptors (Lipinski definition) is 4. The van der Waals surface area contributed by atoms with Gasteiger partial charge in [0.2, 0.25) is 0 Å². The second-order valence-corrected chi connectivity index (χ2v) is 8.43. The Bertz CT molecular complexity index is 1200. The molecule has 1 amide bonds. The predicted octanol–water partition coefficient (Wildman–Crippen LogP) is 5.78. The zero-order valence-electron chi connectivity index (χ0n) is 17.7. The number of halogens is 1. The second-order valence-electron chi connectivity index (χ2n) is 7.52. The number of ketones is 1. The van der Waals surface area contributed by atoms with E-state index in [9.17, 15) is 14.7 Å². The molecule has 1 heterocycles. The number of rotatable bonds is 5. The largest absolute Gasteiger partial charge is 0.507 e. The summed E-state index contributed by atoms with van der Waals surface area (Å²) < 4.78 is 6.35. The van der Waals surface area contributed by atoms with Crippen molar-refractivity contribution in [2.45, 2.75) is 19.9 Å². The standard InChI is InChI=1S/C26H22BrNO4/c1-3-32-21-13-11-20(12-14-21)28-23(18-6-4-5-16(2)15-18)22(25(30)26(28)31)24(29)17-7-9-19(27)10-8-17/h4-15,23,29H,3H2,1-2H3/b24-22-. The fourth-order valence-electron chi connectivity index (χ4n) is 3.89. The van der Waals surface area contributed by atoms with Gasteiger partial charge in [0, 0.05) is 15.7 Å². The highest BCUT2D eigenvalue weighted by molar-refractivity contribution is 9.10. The third-order valence-corrected chi connectivity index (χ3v) is 5.87. The highest BCUT2D eigenvalue weighted by atomic mass is 79.9. The quantitative estimate of drug-likeness (QED) is 0.279. The van der Waals surface area contributed by atoms with Crippen LogP contribution in [0.2, 0.25) is 0 Å². The van der Waals surface area contributed by atoms with Crippen LogP contribution >= 0.6 is 15.9 Å². The van der Waals surface area contributed by atoms with Crippen LogP contribution in [0.1, 0.15) is 29.7 Å². The van der Waals surface area contributed by atoms with Gasteiger partial charge >= 0.3 is 0 Å². The fourth-order valence-corrected chi connectivity index (χ4v) is 4.15. The molecule has 1 aliphatic rings. The lowest BCUT2D eigenvalue weighted by Crippen LogP contribution is -2.29. The van der Waals surface area contributed by atoms with Gasteiger partial charge in [-0.05, 0) is 55.8 Å². The first kappa shape index (κ1) is 21.8. The highest BCUT2D eigenvalue weighted by Crippen LogP contribution is 2.42. The van der Waals surface area contributed by atoms with Gasteiger partial charge in [-0.3, -0.25) is 14.5 Å². The van der Waals surface area contributed by atoms with Crippen LogP contribution in [0.25, 0.3) is 5.76 Å². The number of ether oxygens (including phenoxy) is 1. The minimum Gasteiger partial charge on any atom is -0.507 e. The highest BCUT2D eigenvalue weighted by Gasteiger charge is 2.47. The minimum atomic E-state index is -0.753. The Kier molecular flexibility index (Phi) is 6.15. The molecule has 1 fully saturated rings. The molecule has 1 aliphatic heterocycles. The van der Waals surface area contributed by atoms with Crippen molar-refractivity contribution in [3.8, 4) is 5.75 Å². The maximum Gasteiger partial charge on any atom is 0.300 e. The normalized spacial score (nSPS) is 17.6. The van der Waals surface area contributed by atoms with Gasteiger partial charge in [-0.1, -0.05) is 57.9 Å². The zero-order chi connectivity index (χ0) is 22.8. The molecule has 6 heteroatoms. The van der Waals surface area contributed by atoms with Crippen LogP contribution in [0.15, 0.2) is 82.8 Å². The van der Waals surface area contributed by atoms with E-state index in [1.807, 2.05) is 38.1 Å². The monoisotopic (exact) mass is 491 g/mol. The predicted molar refractivity (Wildman–Crippen MR) is 128 cm³/mol. The van der Waals surface area contributed by atoms with Gasteiger partial charge in [-0.2, -0.15) is 0 Å². The van der Waals surface area contributed by atoms with Gasteiger partial charge in [0.1, 0.15) is 11.5 Å². The number of hydrogen-bond donors (Lipinski definition) is 1. The molecule has 32 heavy (non-hydrogen) atoms. The number of aliphatic hydroxyl groups excluding tert-OH is 1. The molecule has 1 unspecified atom stereocenters. The summed E-state index contributed by atoms with van der Waals surface area (Å²) in [6.07, 6.45) is 0. The molecule has 3 aromatic rings. The molecule has 3 aromatic carbocycles. The van der Waals surface area contributed by atoms with E-state index in [4.69, 9.17) is 4.74 Å².